The van der Waals surface area contributed by atoms with Gasteiger partial charge < -0.3 is 9.88 Å². The van der Waals surface area contributed by atoms with E-state index in [0.29, 0.717) is 6.04 Å². The SMILES string of the molecule is CNC(C)Cn1c(C)cccc1=O. The molecule has 1 heterocycles. The average Bonchev–Trinajstić information content (AvgIpc) is 2.11. The van der Waals surface area contributed by atoms with Gasteiger partial charge in [0.05, 0.1) is 0 Å². The third-order valence-corrected chi connectivity index (χ3v) is 2.22. The Balaban J connectivity index is 2.93. The molecule has 1 unspecified atom stereocenters. The van der Waals surface area contributed by atoms with Gasteiger partial charge in [-0.15, -0.1) is 0 Å². The average molecular weight is 180 g/mol. The van der Waals surface area contributed by atoms with Crippen LogP contribution in [0.15, 0.2) is 23.0 Å². The minimum atomic E-state index is 0.0714. The second-order valence-corrected chi connectivity index (χ2v) is 3.31. The molecule has 0 amide bonds. The molecule has 1 atom stereocenters. The lowest BCUT2D eigenvalue weighted by Crippen LogP contribution is -2.32. The van der Waals surface area contributed by atoms with Crippen molar-refractivity contribution < 1.29 is 0 Å². The van der Waals surface area contributed by atoms with Crippen molar-refractivity contribution in [2.45, 2.75) is 26.4 Å². The molecule has 1 rings (SSSR count). The Morgan fingerprint density at radius 3 is 2.77 bits per heavy atom. The summed E-state index contributed by atoms with van der Waals surface area (Å²) in [5.41, 5.74) is 1.08. The van der Waals surface area contributed by atoms with Gasteiger partial charge in [0, 0.05) is 24.3 Å². The number of hydrogen-bond donors (Lipinski definition) is 1. The van der Waals surface area contributed by atoms with Crippen molar-refractivity contribution >= 4 is 0 Å². The molecule has 0 saturated carbocycles. The number of rotatable bonds is 3. The van der Waals surface area contributed by atoms with Crippen molar-refractivity contribution in [3.8, 4) is 0 Å². The molecule has 1 aromatic heterocycles. The van der Waals surface area contributed by atoms with Gasteiger partial charge in [-0.25, -0.2) is 0 Å². The Kier molecular flexibility index (Phi) is 3.25. The number of aryl methyl sites for hydroxylation is 1. The summed E-state index contributed by atoms with van der Waals surface area (Å²) in [5, 5.41) is 3.11. The van der Waals surface area contributed by atoms with E-state index in [2.05, 4.69) is 12.2 Å². The van der Waals surface area contributed by atoms with E-state index in [1.807, 2.05) is 20.0 Å². The molecule has 0 saturated heterocycles. The van der Waals surface area contributed by atoms with Crippen LogP contribution in [0.1, 0.15) is 12.6 Å². The van der Waals surface area contributed by atoms with Gasteiger partial charge in [0.2, 0.25) is 0 Å². The van der Waals surface area contributed by atoms with Crippen molar-refractivity contribution in [3.63, 3.8) is 0 Å². The van der Waals surface area contributed by atoms with Crippen LogP contribution in [-0.4, -0.2) is 17.7 Å². The van der Waals surface area contributed by atoms with Crippen molar-refractivity contribution in [2.24, 2.45) is 0 Å². The highest BCUT2D eigenvalue weighted by molar-refractivity contribution is 5.04. The van der Waals surface area contributed by atoms with Gasteiger partial charge in [-0.2, -0.15) is 0 Å². The largest absolute Gasteiger partial charge is 0.315 e. The van der Waals surface area contributed by atoms with Gasteiger partial charge in [-0.3, -0.25) is 4.79 Å². The lowest BCUT2D eigenvalue weighted by atomic mass is 10.3. The van der Waals surface area contributed by atoms with E-state index in [9.17, 15) is 4.79 Å². The van der Waals surface area contributed by atoms with Crippen molar-refractivity contribution in [1.29, 1.82) is 0 Å². The Bertz CT molecular complexity index is 330. The van der Waals surface area contributed by atoms with Crippen molar-refractivity contribution in [3.05, 3.63) is 34.2 Å². The van der Waals surface area contributed by atoms with Gasteiger partial charge >= 0.3 is 0 Å². The first kappa shape index (κ1) is 9.99. The number of nitrogens with zero attached hydrogens (tertiary/aromatic N) is 1. The standard InChI is InChI=1S/C10H16N2O/c1-8(11-3)7-12-9(2)5-4-6-10(12)13/h4-6,8,11H,7H2,1-3H3. The van der Waals surface area contributed by atoms with Crippen LogP contribution in [0.3, 0.4) is 0 Å². The molecular formula is C10H16N2O. The fraction of sp³-hybridized carbons (Fsp3) is 0.500. The van der Waals surface area contributed by atoms with Crippen molar-refractivity contribution in [1.82, 2.24) is 9.88 Å². The van der Waals surface area contributed by atoms with Gasteiger partial charge in [-0.1, -0.05) is 6.07 Å². The predicted octanol–water partition coefficient (Wildman–Crippen LogP) is 0.765. The minimum absolute atomic E-state index is 0.0714. The number of pyridine rings is 1. The van der Waals surface area contributed by atoms with E-state index >= 15 is 0 Å². The Hall–Kier alpha value is -1.09. The number of hydrogen-bond acceptors (Lipinski definition) is 2. The van der Waals surface area contributed by atoms with Gasteiger partial charge in [-0.05, 0) is 27.0 Å². The molecule has 0 spiro atoms. The third-order valence-electron chi connectivity index (χ3n) is 2.22. The molecule has 0 aliphatic rings. The Morgan fingerprint density at radius 2 is 2.23 bits per heavy atom. The summed E-state index contributed by atoms with van der Waals surface area (Å²) in [7, 11) is 1.90. The van der Waals surface area contributed by atoms with E-state index in [1.54, 1.807) is 16.7 Å². The molecule has 1 aromatic rings. The highest BCUT2D eigenvalue weighted by Gasteiger charge is 2.02. The van der Waals surface area contributed by atoms with E-state index in [-0.39, 0.29) is 5.56 Å². The molecule has 1 N–H and O–H groups in total. The topological polar surface area (TPSA) is 34.0 Å². The first-order valence-corrected chi connectivity index (χ1v) is 4.49. The van der Waals surface area contributed by atoms with E-state index in [0.717, 1.165) is 12.2 Å². The van der Waals surface area contributed by atoms with E-state index in [1.165, 1.54) is 0 Å². The summed E-state index contributed by atoms with van der Waals surface area (Å²) < 4.78 is 1.78. The lowest BCUT2D eigenvalue weighted by Gasteiger charge is -2.14. The fourth-order valence-corrected chi connectivity index (χ4v) is 1.22. The van der Waals surface area contributed by atoms with Gasteiger partial charge in [0.1, 0.15) is 0 Å². The molecule has 13 heavy (non-hydrogen) atoms. The van der Waals surface area contributed by atoms with Gasteiger partial charge in [0.15, 0.2) is 0 Å². The summed E-state index contributed by atoms with van der Waals surface area (Å²) in [6, 6.07) is 5.65. The molecule has 0 aliphatic heterocycles. The lowest BCUT2D eigenvalue weighted by molar-refractivity contribution is 0.498. The van der Waals surface area contributed by atoms with Crippen LogP contribution in [0.2, 0.25) is 0 Å². The molecule has 0 aliphatic carbocycles. The monoisotopic (exact) mass is 180 g/mol. The van der Waals surface area contributed by atoms with Crippen LogP contribution in [0.5, 0.6) is 0 Å². The zero-order valence-corrected chi connectivity index (χ0v) is 8.37. The molecule has 0 fully saturated rings. The first-order valence-electron chi connectivity index (χ1n) is 4.49. The molecule has 3 nitrogen and oxygen atoms in total. The van der Waals surface area contributed by atoms with Crippen LogP contribution >= 0.6 is 0 Å². The summed E-state index contributed by atoms with van der Waals surface area (Å²) in [5.74, 6) is 0. The fourth-order valence-electron chi connectivity index (χ4n) is 1.22. The quantitative estimate of drug-likeness (QED) is 0.745. The number of likely N-dealkylation sites (N-methyl/N-ethyl adjacent to an activating group) is 1. The smallest absolute Gasteiger partial charge is 0.250 e. The third kappa shape index (κ3) is 2.42. The van der Waals surface area contributed by atoms with Crippen LogP contribution < -0.4 is 10.9 Å². The molecule has 0 radical (unpaired) electrons. The van der Waals surface area contributed by atoms with Gasteiger partial charge in [0.25, 0.3) is 5.56 Å². The normalized spacial score (nSPS) is 12.8. The maximum atomic E-state index is 11.4. The molecule has 3 heteroatoms. The summed E-state index contributed by atoms with van der Waals surface area (Å²) in [4.78, 5) is 11.4. The Labute approximate surface area is 78.4 Å². The predicted molar refractivity (Wildman–Crippen MR) is 54.0 cm³/mol. The molecular weight excluding hydrogens is 164 g/mol. The van der Waals surface area contributed by atoms with Crippen molar-refractivity contribution in [2.75, 3.05) is 7.05 Å². The van der Waals surface area contributed by atoms with Crippen LogP contribution in [0.4, 0.5) is 0 Å². The molecule has 72 valence electrons. The maximum Gasteiger partial charge on any atom is 0.250 e. The highest BCUT2D eigenvalue weighted by atomic mass is 16.1. The minimum Gasteiger partial charge on any atom is -0.315 e. The zero-order valence-electron chi connectivity index (χ0n) is 8.37. The van der Waals surface area contributed by atoms with Crippen LogP contribution in [-0.2, 0) is 6.54 Å². The number of aromatic nitrogens is 1. The maximum absolute atomic E-state index is 11.4. The molecule has 0 bridgehead atoms. The second-order valence-electron chi connectivity index (χ2n) is 3.31. The number of nitrogens with one attached hydrogen (secondary N) is 1. The van der Waals surface area contributed by atoms with Crippen LogP contribution in [0, 0.1) is 6.92 Å². The summed E-state index contributed by atoms with van der Waals surface area (Å²) in [6.07, 6.45) is 0. The highest BCUT2D eigenvalue weighted by Crippen LogP contribution is 1.95. The first-order chi connectivity index (χ1) is 6.15. The zero-order chi connectivity index (χ0) is 9.84. The summed E-state index contributed by atoms with van der Waals surface area (Å²) in [6.45, 7) is 4.73. The Morgan fingerprint density at radius 1 is 1.54 bits per heavy atom. The van der Waals surface area contributed by atoms with Crippen LogP contribution in [0.25, 0.3) is 0 Å². The summed E-state index contributed by atoms with van der Waals surface area (Å²) >= 11 is 0. The molecule has 0 aromatic carbocycles. The van der Waals surface area contributed by atoms with E-state index < -0.39 is 0 Å². The second kappa shape index (κ2) is 4.23. The van der Waals surface area contributed by atoms with E-state index in [4.69, 9.17) is 0 Å².